The fourth-order valence-corrected chi connectivity index (χ4v) is 1.12. The number of carboxylic acids is 1. The van der Waals surface area contributed by atoms with Gasteiger partial charge in [0.2, 0.25) is 0 Å². The zero-order chi connectivity index (χ0) is 15.6. The van der Waals surface area contributed by atoms with E-state index in [1.807, 2.05) is 27.7 Å². The Labute approximate surface area is 115 Å². The van der Waals surface area contributed by atoms with Crippen LogP contribution in [0.4, 0.5) is 0 Å². The third kappa shape index (κ3) is 8.56. The Bertz CT molecular complexity index is 271. The van der Waals surface area contributed by atoms with Gasteiger partial charge >= 0.3 is 11.9 Å². The van der Waals surface area contributed by atoms with Crippen LogP contribution in [0, 0.1) is 11.8 Å². The van der Waals surface area contributed by atoms with Gasteiger partial charge in [0.1, 0.15) is 12.1 Å². The maximum Gasteiger partial charge on any atom is 0.322 e. The van der Waals surface area contributed by atoms with E-state index in [0.29, 0.717) is 0 Å². The molecule has 0 aromatic rings. The molecule has 6 nitrogen and oxygen atoms in total. The quantitative estimate of drug-likeness (QED) is 0.623. The van der Waals surface area contributed by atoms with Gasteiger partial charge < -0.3 is 21.3 Å². The molecule has 0 unspecified atom stereocenters. The predicted octanol–water partition coefficient (Wildman–Crippen LogP) is 0.977. The maximum atomic E-state index is 10.8. The second-order valence-electron chi connectivity index (χ2n) is 4.68. The Kier molecular flexibility index (Phi) is 11.4. The van der Waals surface area contributed by atoms with Gasteiger partial charge in [0.15, 0.2) is 0 Å². The van der Waals surface area contributed by atoms with Crippen molar-refractivity contribution in [3.05, 3.63) is 0 Å². The lowest BCUT2D eigenvalue weighted by Gasteiger charge is -2.14. The highest BCUT2D eigenvalue weighted by molar-refractivity contribution is 5.75. The number of nitrogens with two attached hydrogens (primary N) is 2. The Morgan fingerprint density at radius 3 is 1.63 bits per heavy atom. The summed E-state index contributed by atoms with van der Waals surface area (Å²) >= 11 is 0. The van der Waals surface area contributed by atoms with Crippen molar-refractivity contribution in [2.45, 2.75) is 52.6 Å². The number of carbonyl (C=O) groups is 2. The number of rotatable bonds is 6. The first-order chi connectivity index (χ1) is 8.72. The number of hydrogen-bond donors (Lipinski definition) is 3. The van der Waals surface area contributed by atoms with Gasteiger partial charge in [-0.1, -0.05) is 40.5 Å². The molecule has 0 radical (unpaired) electrons. The minimum Gasteiger partial charge on any atom is -0.480 e. The summed E-state index contributed by atoms with van der Waals surface area (Å²) in [5.74, 6) is -0.964. The molecule has 0 aromatic carbocycles. The number of carbonyl (C=O) groups excluding carboxylic acids is 1. The minimum atomic E-state index is -0.913. The summed E-state index contributed by atoms with van der Waals surface area (Å²) in [4.78, 5) is 20.9. The van der Waals surface area contributed by atoms with Crippen molar-refractivity contribution in [1.82, 2.24) is 0 Å². The third-order valence-electron chi connectivity index (χ3n) is 3.27. The smallest absolute Gasteiger partial charge is 0.322 e. The lowest BCUT2D eigenvalue weighted by molar-refractivity contribution is -0.143. The molecule has 19 heavy (non-hydrogen) atoms. The van der Waals surface area contributed by atoms with Crippen molar-refractivity contribution < 1.29 is 19.4 Å². The van der Waals surface area contributed by atoms with Crippen LogP contribution in [-0.2, 0) is 14.3 Å². The van der Waals surface area contributed by atoms with Gasteiger partial charge in [-0.05, 0) is 11.8 Å². The van der Waals surface area contributed by atoms with Crippen LogP contribution in [0.5, 0.6) is 0 Å². The van der Waals surface area contributed by atoms with Gasteiger partial charge in [0.05, 0.1) is 7.11 Å². The van der Waals surface area contributed by atoms with Crippen LogP contribution < -0.4 is 11.5 Å². The molecule has 0 aliphatic rings. The monoisotopic (exact) mass is 276 g/mol. The molecule has 0 saturated heterocycles. The highest BCUT2D eigenvalue weighted by Gasteiger charge is 2.19. The second-order valence-corrected chi connectivity index (χ2v) is 4.68. The number of esters is 1. The molecule has 0 aliphatic carbocycles. The number of aliphatic carboxylic acids is 1. The van der Waals surface area contributed by atoms with Crippen LogP contribution in [0.15, 0.2) is 0 Å². The van der Waals surface area contributed by atoms with Crippen molar-refractivity contribution in [3.8, 4) is 0 Å². The second kappa shape index (κ2) is 10.8. The van der Waals surface area contributed by atoms with Crippen molar-refractivity contribution in [2.75, 3.05) is 7.11 Å². The molecule has 0 fully saturated rings. The molecule has 4 atom stereocenters. The largest absolute Gasteiger partial charge is 0.480 e. The Morgan fingerprint density at radius 1 is 1.05 bits per heavy atom. The number of methoxy groups -OCH3 is 1. The first-order valence-corrected chi connectivity index (χ1v) is 6.54. The van der Waals surface area contributed by atoms with Gasteiger partial charge in [0, 0.05) is 0 Å². The maximum absolute atomic E-state index is 10.8. The van der Waals surface area contributed by atoms with E-state index in [1.165, 1.54) is 7.11 Å². The van der Waals surface area contributed by atoms with Gasteiger partial charge in [-0.15, -0.1) is 0 Å². The molecule has 0 amide bonds. The Balaban J connectivity index is 0. The Morgan fingerprint density at radius 2 is 1.42 bits per heavy atom. The topological polar surface area (TPSA) is 116 Å². The zero-order valence-electron chi connectivity index (χ0n) is 12.6. The molecule has 114 valence electrons. The normalized spacial score (nSPS) is 16.4. The van der Waals surface area contributed by atoms with Gasteiger partial charge in [-0.2, -0.15) is 0 Å². The fraction of sp³-hybridized carbons (Fsp3) is 0.846. The van der Waals surface area contributed by atoms with E-state index < -0.39 is 18.1 Å². The average molecular weight is 276 g/mol. The SMILES string of the molecule is CC[C@H](C)[C@H](N)C(=O)O.CC[C@H](C)[C@H](N)C(=O)OC. The summed E-state index contributed by atoms with van der Waals surface area (Å²) in [6, 6.07) is -1.16. The summed E-state index contributed by atoms with van der Waals surface area (Å²) in [6.07, 6.45) is 1.71. The number of ether oxygens (including phenoxy) is 1. The summed E-state index contributed by atoms with van der Waals surface area (Å²) < 4.78 is 4.47. The molecule has 0 saturated carbocycles. The van der Waals surface area contributed by atoms with Crippen LogP contribution in [0.3, 0.4) is 0 Å². The van der Waals surface area contributed by atoms with E-state index >= 15 is 0 Å². The molecule has 6 heteroatoms. The highest BCUT2D eigenvalue weighted by Crippen LogP contribution is 2.05. The van der Waals surface area contributed by atoms with E-state index in [0.717, 1.165) is 12.8 Å². The van der Waals surface area contributed by atoms with E-state index in [9.17, 15) is 9.59 Å². The average Bonchev–Trinajstić information content (AvgIpc) is 2.43. The first-order valence-electron chi connectivity index (χ1n) is 6.54. The molecule has 0 heterocycles. The summed E-state index contributed by atoms with van der Waals surface area (Å²) in [6.45, 7) is 7.68. The van der Waals surface area contributed by atoms with Crippen molar-refractivity contribution >= 4 is 11.9 Å². The molecular weight excluding hydrogens is 248 g/mol. The van der Waals surface area contributed by atoms with Gasteiger partial charge in [0.25, 0.3) is 0 Å². The summed E-state index contributed by atoms with van der Waals surface area (Å²) in [5.41, 5.74) is 10.8. The van der Waals surface area contributed by atoms with Crippen LogP contribution >= 0.6 is 0 Å². The molecule has 0 rings (SSSR count). The van der Waals surface area contributed by atoms with Crippen LogP contribution in [0.1, 0.15) is 40.5 Å². The number of hydrogen-bond acceptors (Lipinski definition) is 5. The molecule has 0 aliphatic heterocycles. The van der Waals surface area contributed by atoms with Crippen molar-refractivity contribution in [2.24, 2.45) is 23.3 Å². The van der Waals surface area contributed by atoms with E-state index in [2.05, 4.69) is 4.74 Å². The van der Waals surface area contributed by atoms with E-state index in [-0.39, 0.29) is 17.8 Å². The van der Waals surface area contributed by atoms with Gasteiger partial charge in [-0.3, -0.25) is 9.59 Å². The zero-order valence-corrected chi connectivity index (χ0v) is 12.6. The van der Waals surface area contributed by atoms with Crippen molar-refractivity contribution in [1.29, 1.82) is 0 Å². The van der Waals surface area contributed by atoms with Crippen LogP contribution in [-0.4, -0.2) is 36.2 Å². The summed E-state index contributed by atoms with van der Waals surface area (Å²) in [5, 5.41) is 8.36. The number of carboxylic acid groups (broad SMARTS) is 1. The molecule has 0 spiro atoms. The molecule has 0 bridgehead atoms. The van der Waals surface area contributed by atoms with E-state index in [4.69, 9.17) is 16.6 Å². The van der Waals surface area contributed by atoms with Gasteiger partial charge in [-0.25, -0.2) is 0 Å². The molecular formula is C13H28N2O4. The standard InChI is InChI=1S/C7H15NO2.C6H13NO2/c1-4-5(2)6(8)7(9)10-3;1-3-4(2)5(7)6(8)9/h5-6H,4,8H2,1-3H3;4-5H,3,7H2,1-2H3,(H,8,9)/t5-,6-;4-,5-/m00/s1. The van der Waals surface area contributed by atoms with E-state index in [1.54, 1.807) is 0 Å². The highest BCUT2D eigenvalue weighted by atomic mass is 16.5. The lowest BCUT2D eigenvalue weighted by atomic mass is 10.0. The fourth-order valence-electron chi connectivity index (χ4n) is 1.12. The molecule has 0 aromatic heterocycles. The molecule has 5 N–H and O–H groups in total. The van der Waals surface area contributed by atoms with Crippen LogP contribution in [0.2, 0.25) is 0 Å². The third-order valence-corrected chi connectivity index (χ3v) is 3.27. The summed E-state index contributed by atoms with van der Waals surface area (Å²) in [7, 11) is 1.35. The van der Waals surface area contributed by atoms with Crippen molar-refractivity contribution in [3.63, 3.8) is 0 Å². The predicted molar refractivity (Wildman–Crippen MR) is 74.5 cm³/mol. The van der Waals surface area contributed by atoms with Crippen LogP contribution in [0.25, 0.3) is 0 Å². The first kappa shape index (κ1) is 20.2. The minimum absolute atomic E-state index is 0.0718. The Hall–Kier alpha value is -1.14. The lowest BCUT2D eigenvalue weighted by Crippen LogP contribution is -2.37.